The topological polar surface area (TPSA) is 57.6 Å². The van der Waals surface area contributed by atoms with E-state index in [1.807, 2.05) is 17.5 Å². The molecule has 0 fully saturated rings. The summed E-state index contributed by atoms with van der Waals surface area (Å²) in [5.41, 5.74) is 0.774. The van der Waals surface area contributed by atoms with Crippen LogP contribution in [0.4, 0.5) is 5.69 Å². The van der Waals surface area contributed by atoms with Crippen LogP contribution < -0.4 is 4.90 Å². The molecule has 1 N–H and O–H groups in total. The highest BCUT2D eigenvalue weighted by atomic mass is 32.1. The molecule has 0 aliphatic carbocycles. The average Bonchev–Trinajstić information content (AvgIpc) is 2.88. The number of rotatable bonds is 4. The van der Waals surface area contributed by atoms with E-state index >= 15 is 0 Å². The Kier molecular flexibility index (Phi) is 3.97. The number of nitrogens with zero attached hydrogens (tertiary/aromatic N) is 1. The smallest absolute Gasteiger partial charge is 0.335 e. The largest absolute Gasteiger partial charge is 0.478 e. The minimum atomic E-state index is -0.999. The Bertz CT molecular complexity index is 592. The van der Waals surface area contributed by atoms with E-state index in [1.54, 1.807) is 28.4 Å². The fourth-order valence-corrected chi connectivity index (χ4v) is 2.44. The minimum Gasteiger partial charge on any atom is -0.478 e. The minimum absolute atomic E-state index is 0.115. The summed E-state index contributed by atoms with van der Waals surface area (Å²) in [6.45, 7) is 1.93. The molecule has 1 amide bonds. The van der Waals surface area contributed by atoms with Crippen LogP contribution in [0.1, 0.15) is 22.2 Å². The van der Waals surface area contributed by atoms with Crippen molar-refractivity contribution in [2.45, 2.75) is 13.5 Å². The fourth-order valence-electron chi connectivity index (χ4n) is 1.75. The predicted octanol–water partition coefficient (Wildman–Crippen LogP) is 3.00. The van der Waals surface area contributed by atoms with Crippen LogP contribution in [0.3, 0.4) is 0 Å². The Morgan fingerprint density at radius 2 is 2.05 bits per heavy atom. The molecule has 2 rings (SSSR count). The van der Waals surface area contributed by atoms with Crippen LogP contribution in [0.5, 0.6) is 0 Å². The second kappa shape index (κ2) is 5.67. The van der Waals surface area contributed by atoms with Gasteiger partial charge >= 0.3 is 5.97 Å². The van der Waals surface area contributed by atoms with Crippen molar-refractivity contribution < 1.29 is 14.7 Å². The second-order valence-electron chi connectivity index (χ2n) is 4.04. The third-order valence-electron chi connectivity index (χ3n) is 2.68. The molecule has 1 heterocycles. The van der Waals surface area contributed by atoms with Gasteiger partial charge in [0.25, 0.3) is 0 Å². The Balaban J connectivity index is 2.31. The molecule has 1 aromatic carbocycles. The van der Waals surface area contributed by atoms with Gasteiger partial charge in [0, 0.05) is 17.5 Å². The molecule has 0 aliphatic heterocycles. The third-order valence-corrected chi connectivity index (χ3v) is 3.54. The monoisotopic (exact) mass is 275 g/mol. The molecular formula is C14H13NO3S. The lowest BCUT2D eigenvalue weighted by atomic mass is 10.2. The molecule has 0 spiro atoms. The van der Waals surface area contributed by atoms with Crippen LogP contribution in [0.25, 0.3) is 0 Å². The summed E-state index contributed by atoms with van der Waals surface area (Å²) in [5.74, 6) is -1.11. The van der Waals surface area contributed by atoms with Crippen LogP contribution in [0.2, 0.25) is 0 Å². The SMILES string of the molecule is CC(=O)N(Cc1cccs1)c1cccc(C(=O)O)c1. The van der Waals surface area contributed by atoms with Crippen molar-refractivity contribution in [2.24, 2.45) is 0 Å². The lowest BCUT2D eigenvalue weighted by Crippen LogP contribution is -2.27. The summed E-state index contributed by atoms with van der Waals surface area (Å²) < 4.78 is 0. The molecule has 1 aromatic heterocycles. The molecule has 0 atom stereocenters. The Labute approximate surface area is 114 Å². The molecule has 2 aromatic rings. The van der Waals surface area contributed by atoms with Crippen LogP contribution in [-0.4, -0.2) is 17.0 Å². The van der Waals surface area contributed by atoms with Gasteiger partial charge in [-0.2, -0.15) is 0 Å². The molecule has 0 saturated heterocycles. The van der Waals surface area contributed by atoms with Gasteiger partial charge in [-0.05, 0) is 29.6 Å². The van der Waals surface area contributed by atoms with Crippen molar-refractivity contribution in [3.8, 4) is 0 Å². The summed E-state index contributed by atoms with van der Waals surface area (Å²) >= 11 is 1.56. The van der Waals surface area contributed by atoms with E-state index in [0.717, 1.165) is 4.88 Å². The zero-order valence-corrected chi connectivity index (χ0v) is 11.2. The van der Waals surface area contributed by atoms with Crippen LogP contribution in [0, 0.1) is 0 Å². The third kappa shape index (κ3) is 3.20. The number of hydrogen-bond donors (Lipinski definition) is 1. The highest BCUT2D eigenvalue weighted by molar-refractivity contribution is 7.09. The van der Waals surface area contributed by atoms with Gasteiger partial charge in [-0.1, -0.05) is 12.1 Å². The first kappa shape index (κ1) is 13.3. The Morgan fingerprint density at radius 1 is 1.26 bits per heavy atom. The number of carboxylic acid groups (broad SMARTS) is 1. The van der Waals surface area contributed by atoms with Gasteiger partial charge in [0.1, 0.15) is 0 Å². The number of hydrogen-bond acceptors (Lipinski definition) is 3. The van der Waals surface area contributed by atoms with E-state index in [4.69, 9.17) is 5.11 Å². The van der Waals surface area contributed by atoms with Gasteiger partial charge in [0.2, 0.25) is 5.91 Å². The van der Waals surface area contributed by atoms with Crippen LogP contribution in [0.15, 0.2) is 41.8 Å². The molecular weight excluding hydrogens is 262 g/mol. The number of anilines is 1. The molecule has 0 bridgehead atoms. The molecule has 98 valence electrons. The molecule has 0 unspecified atom stereocenters. The number of carbonyl (C=O) groups excluding carboxylic acids is 1. The number of amides is 1. The quantitative estimate of drug-likeness (QED) is 0.933. The Hall–Kier alpha value is -2.14. The van der Waals surface area contributed by atoms with Gasteiger partial charge in [0.15, 0.2) is 0 Å². The van der Waals surface area contributed by atoms with Crippen molar-refractivity contribution in [3.63, 3.8) is 0 Å². The van der Waals surface area contributed by atoms with Crippen LogP contribution >= 0.6 is 11.3 Å². The van der Waals surface area contributed by atoms with Gasteiger partial charge in [-0.25, -0.2) is 4.79 Å². The zero-order valence-electron chi connectivity index (χ0n) is 10.4. The normalized spacial score (nSPS) is 10.2. The maximum Gasteiger partial charge on any atom is 0.335 e. The van der Waals surface area contributed by atoms with Gasteiger partial charge in [-0.15, -0.1) is 11.3 Å². The summed E-state index contributed by atoms with van der Waals surface area (Å²) in [7, 11) is 0. The highest BCUT2D eigenvalue weighted by Gasteiger charge is 2.14. The highest BCUT2D eigenvalue weighted by Crippen LogP contribution is 2.21. The van der Waals surface area contributed by atoms with E-state index in [1.165, 1.54) is 19.1 Å². The lowest BCUT2D eigenvalue weighted by molar-refractivity contribution is -0.116. The first-order valence-electron chi connectivity index (χ1n) is 5.72. The number of thiophene rings is 1. The second-order valence-corrected chi connectivity index (χ2v) is 5.07. The standard InChI is InChI=1S/C14H13NO3S/c1-10(16)15(9-13-6-3-7-19-13)12-5-2-4-11(8-12)14(17)18/h2-8H,9H2,1H3,(H,17,18). The van der Waals surface area contributed by atoms with E-state index in [9.17, 15) is 9.59 Å². The molecule has 4 nitrogen and oxygen atoms in total. The van der Waals surface area contributed by atoms with Crippen molar-refractivity contribution in [2.75, 3.05) is 4.90 Å². The van der Waals surface area contributed by atoms with Gasteiger partial charge in [0.05, 0.1) is 12.1 Å². The van der Waals surface area contributed by atoms with Gasteiger partial charge in [-0.3, -0.25) is 4.79 Å². The van der Waals surface area contributed by atoms with E-state index in [2.05, 4.69) is 0 Å². The summed E-state index contributed by atoms with van der Waals surface area (Å²) in [4.78, 5) is 25.3. The molecule has 19 heavy (non-hydrogen) atoms. The van der Waals surface area contributed by atoms with Crippen molar-refractivity contribution in [1.29, 1.82) is 0 Å². The first-order valence-corrected chi connectivity index (χ1v) is 6.60. The lowest BCUT2D eigenvalue weighted by Gasteiger charge is -2.20. The van der Waals surface area contributed by atoms with E-state index in [-0.39, 0.29) is 11.5 Å². The fraction of sp³-hybridized carbons (Fsp3) is 0.143. The van der Waals surface area contributed by atoms with E-state index in [0.29, 0.717) is 12.2 Å². The maximum atomic E-state index is 11.7. The Morgan fingerprint density at radius 3 is 2.63 bits per heavy atom. The van der Waals surface area contributed by atoms with Crippen molar-refractivity contribution in [1.82, 2.24) is 0 Å². The summed E-state index contributed by atoms with van der Waals surface area (Å²) in [6, 6.07) is 10.3. The average molecular weight is 275 g/mol. The molecule has 0 aliphatic rings. The number of benzene rings is 1. The summed E-state index contributed by atoms with van der Waals surface area (Å²) in [5, 5.41) is 10.9. The molecule has 0 saturated carbocycles. The van der Waals surface area contributed by atoms with Crippen molar-refractivity contribution >= 4 is 28.9 Å². The number of aromatic carboxylic acids is 1. The van der Waals surface area contributed by atoms with E-state index < -0.39 is 5.97 Å². The first-order chi connectivity index (χ1) is 9.08. The zero-order chi connectivity index (χ0) is 13.8. The van der Waals surface area contributed by atoms with Gasteiger partial charge < -0.3 is 10.0 Å². The predicted molar refractivity (Wildman–Crippen MR) is 74.6 cm³/mol. The maximum absolute atomic E-state index is 11.7. The molecule has 5 heteroatoms. The molecule has 0 radical (unpaired) electrons. The number of carboxylic acids is 1. The van der Waals surface area contributed by atoms with Crippen molar-refractivity contribution in [3.05, 3.63) is 52.2 Å². The van der Waals surface area contributed by atoms with Crippen LogP contribution in [-0.2, 0) is 11.3 Å². The number of carbonyl (C=O) groups is 2. The summed E-state index contributed by atoms with van der Waals surface area (Å²) in [6.07, 6.45) is 0.